The monoisotopic (exact) mass is 442 g/mol. The Labute approximate surface area is 182 Å². The van der Waals surface area contributed by atoms with Crippen molar-refractivity contribution in [1.82, 2.24) is 20.6 Å². The molecule has 0 saturated heterocycles. The molecular weight excluding hydrogens is 420 g/mol. The highest BCUT2D eigenvalue weighted by Gasteiger charge is 2.10. The van der Waals surface area contributed by atoms with Gasteiger partial charge in [0.1, 0.15) is 0 Å². The molecule has 0 bridgehead atoms. The lowest BCUT2D eigenvalue weighted by molar-refractivity contribution is -0.121. The number of carbonyl (C=O) groups is 2. The van der Waals surface area contributed by atoms with E-state index in [4.69, 9.17) is 0 Å². The number of carbonyl (C=O) groups excluding carboxylic acids is 2. The average Bonchev–Trinajstić information content (AvgIpc) is 3.24. The number of hydrogen-bond donors (Lipinski definition) is 3. The van der Waals surface area contributed by atoms with E-state index in [0.29, 0.717) is 23.9 Å². The maximum absolute atomic E-state index is 12.1. The Hall–Kier alpha value is -2.91. The van der Waals surface area contributed by atoms with Crippen LogP contribution in [0.5, 0.6) is 0 Å². The lowest BCUT2D eigenvalue weighted by Gasteiger charge is -2.07. The van der Waals surface area contributed by atoms with Crippen molar-refractivity contribution in [2.75, 3.05) is 5.75 Å². The minimum atomic E-state index is -0.353. The second-order valence-corrected chi connectivity index (χ2v) is 8.62. The zero-order valence-corrected chi connectivity index (χ0v) is 18.1. The van der Waals surface area contributed by atoms with Crippen LogP contribution >= 0.6 is 23.1 Å². The first-order chi connectivity index (χ1) is 14.5. The second-order valence-electron chi connectivity index (χ2n) is 6.63. The number of amides is 2. The number of aryl methyl sites for hydroxylation is 1. The van der Waals surface area contributed by atoms with E-state index in [-0.39, 0.29) is 29.5 Å². The largest absolute Gasteiger partial charge is 0.351 e. The van der Waals surface area contributed by atoms with E-state index >= 15 is 0 Å². The molecule has 0 atom stereocenters. The van der Waals surface area contributed by atoms with Crippen LogP contribution in [0.1, 0.15) is 21.7 Å². The van der Waals surface area contributed by atoms with Gasteiger partial charge in [0.2, 0.25) is 11.8 Å². The highest BCUT2D eigenvalue weighted by Crippen LogP contribution is 2.12. The molecule has 0 spiro atoms. The topological polar surface area (TPSA) is 104 Å². The van der Waals surface area contributed by atoms with Crippen molar-refractivity contribution in [3.63, 3.8) is 0 Å². The Morgan fingerprint density at radius 2 is 1.87 bits per heavy atom. The molecule has 2 amide bonds. The molecule has 0 fully saturated rings. The van der Waals surface area contributed by atoms with E-state index in [2.05, 4.69) is 20.6 Å². The van der Waals surface area contributed by atoms with Crippen LogP contribution in [0.2, 0.25) is 0 Å². The Bertz CT molecular complexity index is 1050. The zero-order valence-electron chi connectivity index (χ0n) is 16.4. The maximum atomic E-state index is 12.1. The molecule has 0 unspecified atom stereocenters. The van der Waals surface area contributed by atoms with Crippen LogP contribution in [-0.4, -0.2) is 27.5 Å². The van der Waals surface area contributed by atoms with E-state index in [9.17, 15) is 14.4 Å². The smallest absolute Gasteiger partial charge is 0.251 e. The molecule has 7 nitrogen and oxygen atoms in total. The van der Waals surface area contributed by atoms with Gasteiger partial charge in [0.25, 0.3) is 5.56 Å². The summed E-state index contributed by atoms with van der Waals surface area (Å²) in [7, 11) is 0. The fourth-order valence-electron chi connectivity index (χ4n) is 2.56. The number of H-pyrrole nitrogens is 1. The first-order valence-electron chi connectivity index (χ1n) is 9.32. The van der Waals surface area contributed by atoms with Crippen molar-refractivity contribution in [1.29, 1.82) is 0 Å². The molecule has 0 aliphatic rings. The predicted molar refractivity (Wildman–Crippen MR) is 118 cm³/mol. The number of nitrogens with zero attached hydrogens (tertiary/aromatic N) is 1. The first kappa shape index (κ1) is 21.8. The van der Waals surface area contributed by atoms with Gasteiger partial charge < -0.3 is 15.6 Å². The van der Waals surface area contributed by atoms with Crippen LogP contribution in [0.3, 0.4) is 0 Å². The van der Waals surface area contributed by atoms with Crippen molar-refractivity contribution in [2.24, 2.45) is 0 Å². The summed E-state index contributed by atoms with van der Waals surface area (Å²) >= 11 is 2.69. The highest BCUT2D eigenvalue weighted by molar-refractivity contribution is 7.99. The molecule has 9 heteroatoms. The van der Waals surface area contributed by atoms with Gasteiger partial charge in [-0.15, -0.1) is 11.3 Å². The lowest BCUT2D eigenvalue weighted by Crippen LogP contribution is -2.26. The average molecular weight is 443 g/mol. The maximum Gasteiger partial charge on any atom is 0.251 e. The fraction of sp³-hybridized carbons (Fsp3) is 0.238. The Morgan fingerprint density at radius 3 is 2.60 bits per heavy atom. The summed E-state index contributed by atoms with van der Waals surface area (Å²) in [6.45, 7) is 2.89. The molecule has 30 heavy (non-hydrogen) atoms. The number of rotatable bonds is 9. The van der Waals surface area contributed by atoms with E-state index < -0.39 is 0 Å². The Kier molecular flexibility index (Phi) is 7.81. The van der Waals surface area contributed by atoms with E-state index in [1.807, 2.05) is 48.7 Å². The molecule has 0 saturated carbocycles. The Morgan fingerprint density at radius 1 is 1.10 bits per heavy atom. The van der Waals surface area contributed by atoms with Gasteiger partial charge >= 0.3 is 0 Å². The molecule has 3 aromatic rings. The van der Waals surface area contributed by atoms with Gasteiger partial charge in [-0.1, -0.05) is 47.7 Å². The van der Waals surface area contributed by atoms with Crippen molar-refractivity contribution in [2.45, 2.75) is 31.6 Å². The van der Waals surface area contributed by atoms with Crippen molar-refractivity contribution in [3.8, 4) is 0 Å². The third-order valence-corrected chi connectivity index (χ3v) is 5.85. The number of nitrogens with one attached hydrogen (secondary N) is 3. The SMILES string of the molecule is Cc1ccc(CNC(=O)CSc2nc(CC(=O)NCc3cccs3)cc(=O)[nH]2)cc1. The number of thioether (sulfide) groups is 1. The molecule has 2 aromatic heterocycles. The highest BCUT2D eigenvalue weighted by atomic mass is 32.2. The van der Waals surface area contributed by atoms with Gasteiger partial charge in [0.05, 0.1) is 24.4 Å². The molecule has 156 valence electrons. The standard InChI is InChI=1S/C21H22N4O3S2/c1-14-4-6-15(7-5-14)11-22-20(28)13-30-21-24-16(10-19(27)25-21)9-18(26)23-12-17-3-2-8-29-17/h2-8,10H,9,11-13H2,1H3,(H,22,28)(H,23,26)(H,24,25,27). The van der Waals surface area contributed by atoms with E-state index in [1.54, 1.807) is 11.3 Å². The number of aromatic nitrogens is 2. The van der Waals surface area contributed by atoms with Crippen LogP contribution < -0.4 is 16.2 Å². The summed E-state index contributed by atoms with van der Waals surface area (Å²) in [4.78, 5) is 44.0. The first-order valence-corrected chi connectivity index (χ1v) is 11.2. The third-order valence-electron chi connectivity index (χ3n) is 4.10. The minimum Gasteiger partial charge on any atom is -0.351 e. The predicted octanol–water partition coefficient (Wildman–Crippen LogP) is 2.41. The van der Waals surface area contributed by atoms with E-state index in [0.717, 1.165) is 27.8 Å². The minimum absolute atomic E-state index is 0.00246. The van der Waals surface area contributed by atoms with Gasteiger partial charge in [0, 0.05) is 17.5 Å². The molecule has 0 aliphatic heterocycles. The lowest BCUT2D eigenvalue weighted by atomic mass is 10.1. The summed E-state index contributed by atoms with van der Waals surface area (Å²) < 4.78 is 0. The number of hydrogen-bond acceptors (Lipinski definition) is 6. The third kappa shape index (κ3) is 7.16. The summed E-state index contributed by atoms with van der Waals surface area (Å²) in [5.41, 5.74) is 2.19. The summed E-state index contributed by atoms with van der Waals surface area (Å²) in [5, 5.41) is 7.90. The molecule has 2 heterocycles. The number of aromatic amines is 1. The van der Waals surface area contributed by atoms with Crippen molar-refractivity contribution in [3.05, 3.63) is 79.9 Å². The fourth-order valence-corrected chi connectivity index (χ4v) is 3.93. The normalized spacial score (nSPS) is 10.6. The van der Waals surface area contributed by atoms with Crippen LogP contribution in [0.15, 0.2) is 57.8 Å². The van der Waals surface area contributed by atoms with Gasteiger partial charge in [-0.3, -0.25) is 14.4 Å². The van der Waals surface area contributed by atoms with Gasteiger partial charge in [-0.2, -0.15) is 0 Å². The van der Waals surface area contributed by atoms with E-state index in [1.165, 1.54) is 6.07 Å². The van der Waals surface area contributed by atoms with Crippen LogP contribution in [-0.2, 0) is 29.1 Å². The van der Waals surface area contributed by atoms with Gasteiger partial charge in [-0.05, 0) is 23.9 Å². The van der Waals surface area contributed by atoms with Crippen LogP contribution in [0, 0.1) is 6.92 Å². The molecule has 3 rings (SSSR count). The van der Waals surface area contributed by atoms with Gasteiger partial charge in [-0.25, -0.2) is 4.98 Å². The molecule has 0 radical (unpaired) electrons. The van der Waals surface area contributed by atoms with Crippen molar-refractivity contribution < 1.29 is 9.59 Å². The summed E-state index contributed by atoms with van der Waals surface area (Å²) in [6, 6.07) is 13.1. The number of benzene rings is 1. The van der Waals surface area contributed by atoms with Crippen LogP contribution in [0.25, 0.3) is 0 Å². The number of thiophene rings is 1. The quantitative estimate of drug-likeness (QED) is 0.349. The zero-order chi connectivity index (χ0) is 21.3. The summed E-state index contributed by atoms with van der Waals surface area (Å²) in [6.07, 6.45) is 0.00246. The van der Waals surface area contributed by atoms with Crippen LogP contribution in [0.4, 0.5) is 0 Å². The second kappa shape index (κ2) is 10.7. The van der Waals surface area contributed by atoms with Gasteiger partial charge in [0.15, 0.2) is 5.16 Å². The molecule has 1 aromatic carbocycles. The van der Waals surface area contributed by atoms with Crippen molar-refractivity contribution >= 4 is 34.9 Å². The summed E-state index contributed by atoms with van der Waals surface area (Å²) in [5.74, 6) is -0.265. The molecular formula is C21H22N4O3S2. The molecule has 0 aliphatic carbocycles. The molecule has 3 N–H and O–H groups in total. The Balaban J connectivity index is 1.48.